The Hall–Kier alpha value is -1.58. The minimum atomic E-state index is -1.03. The van der Waals surface area contributed by atoms with E-state index in [1.165, 1.54) is 12.1 Å². The minimum absolute atomic E-state index is 0.0136. The monoisotopic (exact) mass is 292 g/mol. The van der Waals surface area contributed by atoms with E-state index < -0.39 is 11.9 Å². The van der Waals surface area contributed by atoms with Gasteiger partial charge in [0.05, 0.1) is 5.02 Å². The van der Waals surface area contributed by atoms with Crippen molar-refractivity contribution in [3.63, 3.8) is 0 Å². The van der Waals surface area contributed by atoms with Crippen LogP contribution < -0.4 is 4.74 Å². The first-order valence-electron chi connectivity index (χ1n) is 6.47. The lowest BCUT2D eigenvalue weighted by Crippen LogP contribution is -2.05. The average molecular weight is 293 g/mol. The summed E-state index contributed by atoms with van der Waals surface area (Å²) in [6.07, 6.45) is -0.0938. The second-order valence-electron chi connectivity index (χ2n) is 5.05. The number of benzene rings is 2. The molecule has 1 heterocycles. The molecule has 1 aliphatic heterocycles. The third-order valence-electron chi connectivity index (χ3n) is 3.51. The zero-order valence-corrected chi connectivity index (χ0v) is 11.7. The summed E-state index contributed by atoms with van der Waals surface area (Å²) < 4.78 is 19.6. The molecule has 2 atom stereocenters. The van der Waals surface area contributed by atoms with Crippen molar-refractivity contribution in [2.24, 2.45) is 0 Å². The van der Waals surface area contributed by atoms with Crippen LogP contribution in [0.25, 0.3) is 0 Å². The number of fused-ring (bicyclic) bond motifs is 1. The van der Waals surface area contributed by atoms with E-state index in [4.69, 9.17) is 16.3 Å². The highest BCUT2D eigenvalue weighted by Gasteiger charge is 2.22. The molecule has 0 radical (unpaired) electrons. The minimum Gasteiger partial charge on any atom is -0.490 e. The summed E-state index contributed by atoms with van der Waals surface area (Å²) in [5, 5.41) is 10.4. The molecule has 1 N–H and O–H groups in total. The summed E-state index contributed by atoms with van der Waals surface area (Å²) in [7, 11) is 0. The number of aliphatic hydroxyl groups is 1. The van der Waals surface area contributed by atoms with Gasteiger partial charge in [0.2, 0.25) is 0 Å². The highest BCUT2D eigenvalue weighted by molar-refractivity contribution is 6.30. The van der Waals surface area contributed by atoms with Gasteiger partial charge in [0.15, 0.2) is 0 Å². The summed E-state index contributed by atoms with van der Waals surface area (Å²) in [5.41, 5.74) is 1.86. The van der Waals surface area contributed by atoms with Gasteiger partial charge in [0, 0.05) is 12.0 Å². The maximum atomic E-state index is 14.0. The molecule has 2 nitrogen and oxygen atoms in total. The van der Waals surface area contributed by atoms with Crippen molar-refractivity contribution < 1.29 is 14.2 Å². The van der Waals surface area contributed by atoms with Crippen LogP contribution in [0, 0.1) is 5.82 Å². The van der Waals surface area contributed by atoms with Crippen LogP contribution in [0.15, 0.2) is 36.4 Å². The lowest BCUT2D eigenvalue weighted by atomic mass is 9.98. The first-order chi connectivity index (χ1) is 9.56. The zero-order valence-electron chi connectivity index (χ0n) is 10.9. The van der Waals surface area contributed by atoms with E-state index in [2.05, 4.69) is 0 Å². The van der Waals surface area contributed by atoms with E-state index in [1.54, 1.807) is 12.1 Å². The Morgan fingerprint density at radius 3 is 2.95 bits per heavy atom. The highest BCUT2D eigenvalue weighted by Crippen LogP contribution is 2.34. The molecule has 20 heavy (non-hydrogen) atoms. The van der Waals surface area contributed by atoms with Gasteiger partial charge in [0.25, 0.3) is 0 Å². The molecule has 104 valence electrons. The Labute approximate surface area is 121 Å². The van der Waals surface area contributed by atoms with Crippen LogP contribution in [-0.2, 0) is 6.42 Å². The molecule has 2 aromatic rings. The molecule has 2 unspecified atom stereocenters. The van der Waals surface area contributed by atoms with Gasteiger partial charge in [-0.05, 0) is 36.2 Å². The Bertz CT molecular complexity index is 657. The van der Waals surface area contributed by atoms with Crippen molar-refractivity contribution in [1.82, 2.24) is 0 Å². The number of ether oxygens (including phenoxy) is 1. The lowest BCUT2D eigenvalue weighted by molar-refractivity contribution is 0.215. The Kier molecular flexibility index (Phi) is 3.40. The molecule has 0 saturated heterocycles. The maximum absolute atomic E-state index is 14.0. The Morgan fingerprint density at radius 1 is 1.35 bits per heavy atom. The topological polar surface area (TPSA) is 29.5 Å². The molecular formula is C16H14ClFO2. The third kappa shape index (κ3) is 2.28. The molecule has 0 spiro atoms. The molecule has 1 aliphatic rings. The van der Waals surface area contributed by atoms with Gasteiger partial charge in [-0.2, -0.15) is 0 Å². The van der Waals surface area contributed by atoms with Crippen molar-refractivity contribution in [1.29, 1.82) is 0 Å². The van der Waals surface area contributed by atoms with Crippen molar-refractivity contribution in [3.8, 4) is 5.75 Å². The van der Waals surface area contributed by atoms with Gasteiger partial charge in [-0.3, -0.25) is 0 Å². The summed E-state index contributed by atoms with van der Waals surface area (Å²) in [5.74, 6) is 0.256. The molecule has 0 fully saturated rings. The fourth-order valence-electron chi connectivity index (χ4n) is 2.52. The number of hydrogen-bond donors (Lipinski definition) is 1. The van der Waals surface area contributed by atoms with Crippen molar-refractivity contribution >= 4 is 11.6 Å². The van der Waals surface area contributed by atoms with E-state index >= 15 is 0 Å². The first kappa shape index (κ1) is 13.4. The van der Waals surface area contributed by atoms with E-state index in [9.17, 15) is 9.50 Å². The molecule has 0 aliphatic carbocycles. The van der Waals surface area contributed by atoms with Gasteiger partial charge in [0.1, 0.15) is 23.8 Å². The van der Waals surface area contributed by atoms with Gasteiger partial charge in [-0.15, -0.1) is 0 Å². The van der Waals surface area contributed by atoms with Crippen LogP contribution >= 0.6 is 11.6 Å². The zero-order chi connectivity index (χ0) is 14.3. The van der Waals surface area contributed by atoms with Crippen molar-refractivity contribution in [2.75, 3.05) is 0 Å². The predicted octanol–water partition coefficient (Wildman–Crippen LogP) is 3.88. The van der Waals surface area contributed by atoms with Gasteiger partial charge in [-0.1, -0.05) is 29.8 Å². The first-order valence-corrected chi connectivity index (χ1v) is 6.85. The van der Waals surface area contributed by atoms with Crippen molar-refractivity contribution in [2.45, 2.75) is 25.6 Å². The maximum Gasteiger partial charge on any atom is 0.147 e. The SMILES string of the molecule is CC1Cc2cc(C(O)c3cccc(Cl)c3F)ccc2O1. The summed E-state index contributed by atoms with van der Waals surface area (Å²) in [6, 6.07) is 10.1. The van der Waals surface area contributed by atoms with Crippen molar-refractivity contribution in [3.05, 3.63) is 63.9 Å². The van der Waals surface area contributed by atoms with Crippen LogP contribution in [0.2, 0.25) is 5.02 Å². The molecule has 2 aromatic carbocycles. The van der Waals surface area contributed by atoms with Crippen LogP contribution in [0.4, 0.5) is 4.39 Å². The molecule has 3 rings (SSSR count). The lowest BCUT2D eigenvalue weighted by Gasteiger charge is -2.14. The van der Waals surface area contributed by atoms with E-state index in [0.29, 0.717) is 5.56 Å². The Balaban J connectivity index is 1.97. The fourth-order valence-corrected chi connectivity index (χ4v) is 2.71. The average Bonchev–Trinajstić information content (AvgIpc) is 2.80. The van der Waals surface area contributed by atoms with Crippen LogP contribution in [0.3, 0.4) is 0 Å². The molecule has 4 heteroatoms. The molecular weight excluding hydrogens is 279 g/mol. The molecule has 0 aromatic heterocycles. The molecule has 0 bridgehead atoms. The summed E-state index contributed by atoms with van der Waals surface area (Å²) in [4.78, 5) is 0. The van der Waals surface area contributed by atoms with Gasteiger partial charge in [-0.25, -0.2) is 4.39 Å². The number of halogens is 2. The second-order valence-corrected chi connectivity index (χ2v) is 5.45. The van der Waals surface area contributed by atoms with Crippen LogP contribution in [-0.4, -0.2) is 11.2 Å². The normalized spacial score (nSPS) is 18.5. The van der Waals surface area contributed by atoms with Crippen LogP contribution in [0.5, 0.6) is 5.75 Å². The number of hydrogen-bond acceptors (Lipinski definition) is 2. The Morgan fingerprint density at radius 2 is 2.15 bits per heavy atom. The van der Waals surface area contributed by atoms with E-state index in [1.807, 2.05) is 19.1 Å². The molecule has 0 saturated carbocycles. The summed E-state index contributed by atoms with van der Waals surface area (Å²) >= 11 is 5.75. The molecule has 0 amide bonds. The number of aliphatic hydroxyl groups excluding tert-OH is 1. The van der Waals surface area contributed by atoms with E-state index in [-0.39, 0.29) is 16.7 Å². The van der Waals surface area contributed by atoms with Crippen LogP contribution in [0.1, 0.15) is 29.7 Å². The quantitative estimate of drug-likeness (QED) is 0.910. The standard InChI is InChI=1S/C16H14ClFO2/c1-9-7-11-8-10(5-6-14(11)20-9)16(19)12-3-2-4-13(17)15(12)18/h2-6,8-9,16,19H,7H2,1H3. The van der Waals surface area contributed by atoms with Gasteiger partial charge < -0.3 is 9.84 Å². The second kappa shape index (κ2) is 5.08. The fraction of sp³-hybridized carbons (Fsp3) is 0.250. The number of rotatable bonds is 2. The smallest absolute Gasteiger partial charge is 0.147 e. The third-order valence-corrected chi connectivity index (χ3v) is 3.80. The summed E-state index contributed by atoms with van der Waals surface area (Å²) in [6.45, 7) is 1.99. The highest BCUT2D eigenvalue weighted by atomic mass is 35.5. The van der Waals surface area contributed by atoms with Gasteiger partial charge >= 0.3 is 0 Å². The predicted molar refractivity (Wildman–Crippen MR) is 75.7 cm³/mol. The largest absolute Gasteiger partial charge is 0.490 e. The van der Waals surface area contributed by atoms with E-state index in [0.717, 1.165) is 17.7 Å².